The van der Waals surface area contributed by atoms with Crippen molar-refractivity contribution >= 4 is 15.9 Å². The molecule has 0 spiro atoms. The van der Waals surface area contributed by atoms with E-state index in [1.807, 2.05) is 18.2 Å². The second-order valence-corrected chi connectivity index (χ2v) is 10.9. The van der Waals surface area contributed by atoms with Crippen LogP contribution in [0.1, 0.15) is 37.5 Å². The number of ether oxygens (including phenoxy) is 1. The number of aliphatic hydroxyl groups excluding tert-OH is 1. The number of fused-ring (bicyclic) bond motifs is 1. The number of aryl methyl sites for hydroxylation is 1. The third-order valence-electron chi connectivity index (χ3n) is 6.13. The molecule has 1 aliphatic heterocycles. The summed E-state index contributed by atoms with van der Waals surface area (Å²) in [5.41, 5.74) is 3.71. The molecule has 3 N–H and O–H groups in total. The summed E-state index contributed by atoms with van der Waals surface area (Å²) in [7, 11) is -3.90. The third kappa shape index (κ3) is 6.29. The number of amides is 1. The van der Waals surface area contributed by atoms with Gasteiger partial charge in [0.1, 0.15) is 11.9 Å². The zero-order valence-corrected chi connectivity index (χ0v) is 21.2. The lowest BCUT2D eigenvalue weighted by molar-refractivity contribution is -0.122. The Morgan fingerprint density at radius 2 is 1.89 bits per heavy atom. The molecule has 2 aromatic carbocycles. The monoisotopic (exact) mass is 509 g/mol. The van der Waals surface area contributed by atoms with Gasteiger partial charge >= 0.3 is 0 Å². The molecule has 1 amide bonds. The summed E-state index contributed by atoms with van der Waals surface area (Å²) >= 11 is 0. The average Bonchev–Trinajstić information content (AvgIpc) is 2.88. The van der Waals surface area contributed by atoms with Gasteiger partial charge in [-0.1, -0.05) is 38.1 Å². The summed E-state index contributed by atoms with van der Waals surface area (Å²) in [6.07, 6.45) is 4.43. The predicted molar refractivity (Wildman–Crippen MR) is 137 cm³/mol. The van der Waals surface area contributed by atoms with Crippen LogP contribution in [0.5, 0.6) is 5.75 Å². The van der Waals surface area contributed by atoms with Crippen LogP contribution in [0, 0.1) is 5.92 Å². The molecule has 0 saturated carbocycles. The van der Waals surface area contributed by atoms with Crippen LogP contribution >= 0.6 is 0 Å². The normalized spacial score (nSPS) is 16.2. The van der Waals surface area contributed by atoms with Gasteiger partial charge < -0.3 is 15.2 Å². The average molecular weight is 510 g/mol. The number of sulfonamides is 1. The van der Waals surface area contributed by atoms with Gasteiger partial charge in [0, 0.05) is 37.0 Å². The first-order chi connectivity index (χ1) is 17.2. The van der Waals surface area contributed by atoms with Gasteiger partial charge in [-0.2, -0.15) is 0 Å². The SMILES string of the molecule is CC(C)C(=O)NS(=O)(=O)c1ccc(-c2ccc3c(c2)CC[C@H](CNC[C@H](O)c2cccnc2)O3)cc1. The van der Waals surface area contributed by atoms with Gasteiger partial charge in [0.25, 0.3) is 10.0 Å². The van der Waals surface area contributed by atoms with Gasteiger partial charge in [-0.3, -0.25) is 9.78 Å². The minimum absolute atomic E-state index is 0.00925. The zero-order chi connectivity index (χ0) is 25.7. The first kappa shape index (κ1) is 25.8. The largest absolute Gasteiger partial charge is 0.489 e. The topological polar surface area (TPSA) is 118 Å². The maximum Gasteiger partial charge on any atom is 0.264 e. The Balaban J connectivity index is 1.35. The first-order valence-electron chi connectivity index (χ1n) is 12.0. The molecule has 36 heavy (non-hydrogen) atoms. The molecule has 190 valence electrons. The van der Waals surface area contributed by atoms with E-state index in [9.17, 15) is 18.3 Å². The number of pyridine rings is 1. The Bertz CT molecular complexity index is 1290. The van der Waals surface area contributed by atoms with Crippen molar-refractivity contribution in [2.75, 3.05) is 13.1 Å². The first-order valence-corrected chi connectivity index (χ1v) is 13.5. The van der Waals surface area contributed by atoms with Crippen molar-refractivity contribution in [1.82, 2.24) is 15.0 Å². The lowest BCUT2D eigenvalue weighted by Crippen LogP contribution is -2.36. The van der Waals surface area contributed by atoms with Gasteiger partial charge in [0.15, 0.2) is 0 Å². The predicted octanol–water partition coefficient (Wildman–Crippen LogP) is 3.23. The highest BCUT2D eigenvalue weighted by molar-refractivity contribution is 7.90. The van der Waals surface area contributed by atoms with E-state index in [0.29, 0.717) is 13.1 Å². The van der Waals surface area contributed by atoms with E-state index in [-0.39, 0.29) is 11.0 Å². The lowest BCUT2D eigenvalue weighted by atomic mass is 9.97. The van der Waals surface area contributed by atoms with Gasteiger partial charge in [-0.05, 0) is 59.9 Å². The molecular weight excluding hydrogens is 478 g/mol. The molecular formula is C27H31N3O5S. The van der Waals surface area contributed by atoms with Crippen molar-refractivity contribution < 1.29 is 23.1 Å². The fourth-order valence-corrected chi connectivity index (χ4v) is 5.09. The fraction of sp³-hybridized carbons (Fsp3) is 0.333. The van der Waals surface area contributed by atoms with Gasteiger partial charge in [-0.15, -0.1) is 0 Å². The molecule has 1 aliphatic rings. The Hall–Kier alpha value is -3.27. The van der Waals surface area contributed by atoms with Crippen LogP contribution in [0.4, 0.5) is 0 Å². The van der Waals surface area contributed by atoms with Crippen LogP contribution in [0.3, 0.4) is 0 Å². The van der Waals surface area contributed by atoms with E-state index >= 15 is 0 Å². The van der Waals surface area contributed by atoms with Gasteiger partial charge in [0.2, 0.25) is 5.91 Å². The van der Waals surface area contributed by atoms with E-state index in [4.69, 9.17) is 4.74 Å². The van der Waals surface area contributed by atoms with E-state index in [0.717, 1.165) is 40.8 Å². The van der Waals surface area contributed by atoms with Crippen LogP contribution in [0.2, 0.25) is 0 Å². The number of carbonyl (C=O) groups is 1. The number of aromatic nitrogens is 1. The maximum atomic E-state index is 12.4. The zero-order valence-electron chi connectivity index (χ0n) is 20.3. The van der Waals surface area contributed by atoms with Crippen molar-refractivity contribution in [3.05, 3.63) is 78.1 Å². The molecule has 2 atom stereocenters. The van der Waals surface area contributed by atoms with Crippen molar-refractivity contribution in [3.63, 3.8) is 0 Å². The molecule has 3 aromatic rings. The van der Waals surface area contributed by atoms with E-state index in [2.05, 4.69) is 21.1 Å². The number of hydrogen-bond donors (Lipinski definition) is 3. The van der Waals surface area contributed by atoms with Crippen LogP contribution in [-0.4, -0.2) is 43.6 Å². The highest BCUT2D eigenvalue weighted by Crippen LogP contribution is 2.32. The van der Waals surface area contributed by atoms with Crippen LogP contribution in [0.25, 0.3) is 11.1 Å². The number of benzene rings is 2. The summed E-state index contributed by atoms with van der Waals surface area (Å²) in [4.78, 5) is 15.9. The van der Waals surface area contributed by atoms with Crippen molar-refractivity contribution in [3.8, 4) is 16.9 Å². The molecule has 9 heteroatoms. The van der Waals surface area contributed by atoms with E-state index < -0.39 is 28.0 Å². The Morgan fingerprint density at radius 3 is 2.58 bits per heavy atom. The third-order valence-corrected chi connectivity index (χ3v) is 7.49. The second kappa shape index (κ2) is 11.2. The Kier molecular flexibility index (Phi) is 8.03. The molecule has 2 heterocycles. The standard InChI is InChI=1S/C27H31N3O5S/c1-18(2)27(32)30-36(33,34)24-10-6-19(7-11-24)20-8-12-26-21(14-20)5-9-23(35-26)16-29-17-25(31)22-4-3-13-28-15-22/h3-4,6-8,10-15,18,23,25,29,31H,5,9,16-17H2,1-2H3,(H,30,32)/t23-,25+/m1/s1. The van der Waals surface area contributed by atoms with Crippen molar-refractivity contribution in [2.45, 2.75) is 43.8 Å². The lowest BCUT2D eigenvalue weighted by Gasteiger charge is -2.27. The number of rotatable bonds is 9. The Labute approximate surface area is 211 Å². The number of nitrogens with one attached hydrogen (secondary N) is 2. The highest BCUT2D eigenvalue weighted by Gasteiger charge is 2.22. The summed E-state index contributed by atoms with van der Waals surface area (Å²) in [6.45, 7) is 4.33. The van der Waals surface area contributed by atoms with Crippen LogP contribution in [-0.2, 0) is 21.2 Å². The van der Waals surface area contributed by atoms with Gasteiger partial charge in [-0.25, -0.2) is 13.1 Å². The quantitative estimate of drug-likeness (QED) is 0.405. The molecule has 8 nitrogen and oxygen atoms in total. The molecule has 0 radical (unpaired) electrons. The number of aliphatic hydroxyl groups is 1. The summed E-state index contributed by atoms with van der Waals surface area (Å²) in [5, 5.41) is 13.6. The molecule has 4 rings (SSSR count). The van der Waals surface area contributed by atoms with E-state index in [1.165, 1.54) is 12.1 Å². The van der Waals surface area contributed by atoms with Crippen LogP contribution < -0.4 is 14.8 Å². The number of hydrogen-bond acceptors (Lipinski definition) is 7. The van der Waals surface area contributed by atoms with Crippen LogP contribution in [0.15, 0.2) is 71.9 Å². The molecule has 0 bridgehead atoms. The van der Waals surface area contributed by atoms with Gasteiger partial charge in [0.05, 0.1) is 11.0 Å². The smallest absolute Gasteiger partial charge is 0.264 e. The maximum absolute atomic E-state index is 12.4. The number of nitrogens with zero attached hydrogens (tertiary/aromatic N) is 1. The molecule has 0 saturated heterocycles. The minimum atomic E-state index is -3.90. The molecule has 1 aromatic heterocycles. The van der Waals surface area contributed by atoms with E-state index in [1.54, 1.807) is 44.4 Å². The number of carbonyl (C=O) groups excluding carboxylic acids is 1. The fourth-order valence-electron chi connectivity index (χ4n) is 3.98. The minimum Gasteiger partial charge on any atom is -0.489 e. The van der Waals surface area contributed by atoms with Crippen molar-refractivity contribution in [1.29, 1.82) is 0 Å². The highest BCUT2D eigenvalue weighted by atomic mass is 32.2. The summed E-state index contributed by atoms with van der Waals surface area (Å²) < 4.78 is 33.1. The Morgan fingerprint density at radius 1 is 1.14 bits per heavy atom. The summed E-state index contributed by atoms with van der Waals surface area (Å²) in [6, 6.07) is 16.1. The van der Waals surface area contributed by atoms with Crippen molar-refractivity contribution in [2.24, 2.45) is 5.92 Å². The molecule has 0 unspecified atom stereocenters. The molecule has 0 fully saturated rings. The summed E-state index contributed by atoms with van der Waals surface area (Å²) in [5.74, 6) is -0.127. The molecule has 0 aliphatic carbocycles. The second-order valence-electron chi connectivity index (χ2n) is 9.21.